The third-order valence-electron chi connectivity index (χ3n) is 2.96. The van der Waals surface area contributed by atoms with Gasteiger partial charge in [-0.2, -0.15) is 0 Å². The van der Waals surface area contributed by atoms with Gasteiger partial charge in [-0.25, -0.2) is 9.97 Å². The van der Waals surface area contributed by atoms with Gasteiger partial charge >= 0.3 is 0 Å². The second-order valence-corrected chi connectivity index (χ2v) is 4.72. The number of nitrogens with zero attached hydrogens (tertiary/aromatic N) is 3. The quantitative estimate of drug-likeness (QED) is 0.762. The number of pyridine rings is 1. The second kappa shape index (κ2) is 5.82. The van der Waals surface area contributed by atoms with E-state index in [2.05, 4.69) is 15.0 Å². The SMILES string of the molecule is CN(C)c1ccc2[nH]c(CCCCCN)nc2n1. The topological polar surface area (TPSA) is 70.8 Å². The summed E-state index contributed by atoms with van der Waals surface area (Å²) in [6.45, 7) is 0.772. The average molecular weight is 247 g/mol. The number of nitrogens with one attached hydrogen (secondary N) is 1. The number of fused-ring (bicyclic) bond motifs is 1. The molecule has 0 aliphatic rings. The van der Waals surface area contributed by atoms with E-state index >= 15 is 0 Å². The van der Waals surface area contributed by atoms with Crippen molar-refractivity contribution >= 4 is 17.0 Å². The molecule has 2 aromatic rings. The van der Waals surface area contributed by atoms with Gasteiger partial charge in [0.1, 0.15) is 11.6 Å². The van der Waals surface area contributed by atoms with Gasteiger partial charge < -0.3 is 15.6 Å². The number of hydrogen-bond acceptors (Lipinski definition) is 4. The van der Waals surface area contributed by atoms with Crippen LogP contribution in [-0.2, 0) is 6.42 Å². The molecule has 2 rings (SSSR count). The van der Waals surface area contributed by atoms with Crippen molar-refractivity contribution < 1.29 is 0 Å². The van der Waals surface area contributed by atoms with Crippen LogP contribution in [0.1, 0.15) is 25.1 Å². The molecule has 2 aromatic heterocycles. The number of aryl methyl sites for hydroxylation is 1. The summed E-state index contributed by atoms with van der Waals surface area (Å²) in [4.78, 5) is 14.3. The number of nitrogens with two attached hydrogens (primary N) is 1. The first kappa shape index (κ1) is 12.8. The van der Waals surface area contributed by atoms with Crippen LogP contribution in [0.3, 0.4) is 0 Å². The van der Waals surface area contributed by atoms with E-state index in [-0.39, 0.29) is 0 Å². The average Bonchev–Trinajstić information content (AvgIpc) is 2.76. The van der Waals surface area contributed by atoms with Crippen LogP contribution in [0.25, 0.3) is 11.2 Å². The van der Waals surface area contributed by atoms with Crippen LogP contribution in [0, 0.1) is 0 Å². The van der Waals surface area contributed by atoms with Crippen molar-refractivity contribution in [1.29, 1.82) is 0 Å². The Kier molecular flexibility index (Phi) is 4.15. The highest BCUT2D eigenvalue weighted by Gasteiger charge is 2.05. The van der Waals surface area contributed by atoms with Gasteiger partial charge in [-0.15, -0.1) is 0 Å². The molecule has 0 saturated carbocycles. The molecule has 0 amide bonds. The van der Waals surface area contributed by atoms with Gasteiger partial charge in [0.05, 0.1) is 5.52 Å². The van der Waals surface area contributed by atoms with Gasteiger partial charge in [0.2, 0.25) is 0 Å². The fourth-order valence-corrected chi connectivity index (χ4v) is 1.91. The lowest BCUT2D eigenvalue weighted by Crippen LogP contribution is -2.10. The van der Waals surface area contributed by atoms with Crippen molar-refractivity contribution in [3.05, 3.63) is 18.0 Å². The van der Waals surface area contributed by atoms with Crippen LogP contribution in [0.15, 0.2) is 12.1 Å². The third-order valence-corrected chi connectivity index (χ3v) is 2.96. The molecule has 0 fully saturated rings. The molecule has 0 saturated heterocycles. The zero-order valence-corrected chi connectivity index (χ0v) is 11.1. The first-order chi connectivity index (χ1) is 8.70. The number of anilines is 1. The molecule has 0 aromatic carbocycles. The Morgan fingerprint density at radius 1 is 1.17 bits per heavy atom. The maximum atomic E-state index is 5.48. The molecule has 2 heterocycles. The molecule has 5 nitrogen and oxygen atoms in total. The molecule has 0 aliphatic carbocycles. The summed E-state index contributed by atoms with van der Waals surface area (Å²) >= 11 is 0. The lowest BCUT2D eigenvalue weighted by Gasteiger charge is -2.09. The van der Waals surface area contributed by atoms with Crippen molar-refractivity contribution in [3.63, 3.8) is 0 Å². The highest BCUT2D eigenvalue weighted by molar-refractivity contribution is 5.73. The summed E-state index contributed by atoms with van der Waals surface area (Å²) in [5.74, 6) is 1.95. The minimum Gasteiger partial charge on any atom is -0.363 e. The lowest BCUT2D eigenvalue weighted by molar-refractivity contribution is 0.673. The molecule has 0 radical (unpaired) electrons. The summed E-state index contributed by atoms with van der Waals surface area (Å²) in [6, 6.07) is 4.03. The summed E-state index contributed by atoms with van der Waals surface area (Å²) in [5, 5.41) is 0. The van der Waals surface area contributed by atoms with Crippen LogP contribution in [0.2, 0.25) is 0 Å². The number of H-pyrrole nitrogens is 1. The molecule has 0 spiro atoms. The maximum Gasteiger partial charge on any atom is 0.179 e. The smallest absolute Gasteiger partial charge is 0.179 e. The van der Waals surface area contributed by atoms with Crippen LogP contribution in [0.4, 0.5) is 5.82 Å². The molecule has 0 unspecified atom stereocenters. The third kappa shape index (κ3) is 2.98. The molecule has 98 valence electrons. The van der Waals surface area contributed by atoms with Crippen LogP contribution < -0.4 is 10.6 Å². The molecule has 3 N–H and O–H groups in total. The van der Waals surface area contributed by atoms with Crippen molar-refractivity contribution in [2.24, 2.45) is 5.73 Å². The number of unbranched alkanes of at least 4 members (excludes halogenated alkanes) is 2. The minimum atomic E-state index is 0.772. The Morgan fingerprint density at radius 2 is 2.00 bits per heavy atom. The Balaban J connectivity index is 2.07. The van der Waals surface area contributed by atoms with Crippen LogP contribution in [0.5, 0.6) is 0 Å². The number of hydrogen-bond donors (Lipinski definition) is 2. The lowest BCUT2D eigenvalue weighted by atomic mass is 10.2. The molecule has 18 heavy (non-hydrogen) atoms. The van der Waals surface area contributed by atoms with E-state index in [0.29, 0.717) is 0 Å². The monoisotopic (exact) mass is 247 g/mol. The predicted octanol–water partition coefficient (Wildman–Crippen LogP) is 1.70. The molecule has 0 bridgehead atoms. The first-order valence-corrected chi connectivity index (χ1v) is 6.43. The van der Waals surface area contributed by atoms with E-state index in [1.54, 1.807) is 0 Å². The van der Waals surface area contributed by atoms with Crippen molar-refractivity contribution in [1.82, 2.24) is 15.0 Å². The minimum absolute atomic E-state index is 0.772. The summed E-state index contributed by atoms with van der Waals surface area (Å²) in [7, 11) is 3.96. The van der Waals surface area contributed by atoms with E-state index in [4.69, 9.17) is 5.73 Å². The van der Waals surface area contributed by atoms with E-state index in [1.807, 2.05) is 31.1 Å². The standard InChI is InChI=1S/C13H21N5/c1-18(2)12-8-7-10-13(17-12)16-11(15-10)6-4-3-5-9-14/h7-8H,3-6,9,14H2,1-2H3,(H,15,16,17). The zero-order valence-electron chi connectivity index (χ0n) is 11.1. The maximum absolute atomic E-state index is 5.48. The van der Waals surface area contributed by atoms with Crippen LogP contribution >= 0.6 is 0 Å². The number of aromatic nitrogens is 3. The van der Waals surface area contributed by atoms with Gasteiger partial charge in [0, 0.05) is 20.5 Å². The van der Waals surface area contributed by atoms with Gasteiger partial charge in [-0.05, 0) is 31.5 Å². The Labute approximate surface area is 107 Å². The highest BCUT2D eigenvalue weighted by atomic mass is 15.1. The molecule has 0 aliphatic heterocycles. The molecule has 5 heteroatoms. The van der Waals surface area contributed by atoms with E-state index in [0.717, 1.165) is 55.0 Å². The summed E-state index contributed by atoms with van der Waals surface area (Å²) in [6.07, 6.45) is 4.33. The van der Waals surface area contributed by atoms with Crippen molar-refractivity contribution in [2.75, 3.05) is 25.5 Å². The van der Waals surface area contributed by atoms with Crippen molar-refractivity contribution in [2.45, 2.75) is 25.7 Å². The molecule has 0 atom stereocenters. The number of aromatic amines is 1. The Morgan fingerprint density at radius 3 is 2.72 bits per heavy atom. The van der Waals surface area contributed by atoms with Gasteiger partial charge in [0.25, 0.3) is 0 Å². The fraction of sp³-hybridized carbons (Fsp3) is 0.538. The van der Waals surface area contributed by atoms with E-state index in [9.17, 15) is 0 Å². The highest BCUT2D eigenvalue weighted by Crippen LogP contribution is 2.15. The fourth-order valence-electron chi connectivity index (χ4n) is 1.91. The number of imidazole rings is 1. The number of rotatable bonds is 6. The summed E-state index contributed by atoms with van der Waals surface area (Å²) < 4.78 is 0. The molecular weight excluding hydrogens is 226 g/mol. The zero-order chi connectivity index (χ0) is 13.0. The Hall–Kier alpha value is -1.62. The van der Waals surface area contributed by atoms with E-state index < -0.39 is 0 Å². The van der Waals surface area contributed by atoms with Gasteiger partial charge in [-0.1, -0.05) is 6.42 Å². The normalized spacial score (nSPS) is 11.1. The van der Waals surface area contributed by atoms with Crippen molar-refractivity contribution in [3.8, 4) is 0 Å². The van der Waals surface area contributed by atoms with E-state index in [1.165, 1.54) is 0 Å². The first-order valence-electron chi connectivity index (χ1n) is 6.43. The van der Waals surface area contributed by atoms with Crippen LogP contribution in [-0.4, -0.2) is 35.6 Å². The second-order valence-electron chi connectivity index (χ2n) is 4.72. The predicted molar refractivity (Wildman–Crippen MR) is 74.8 cm³/mol. The van der Waals surface area contributed by atoms with Gasteiger partial charge in [-0.3, -0.25) is 0 Å². The molecular formula is C13H21N5. The Bertz CT molecular complexity index is 503. The largest absolute Gasteiger partial charge is 0.363 e. The van der Waals surface area contributed by atoms with Gasteiger partial charge in [0.15, 0.2) is 5.65 Å². The summed E-state index contributed by atoms with van der Waals surface area (Å²) in [5.41, 5.74) is 7.29.